The first kappa shape index (κ1) is 17.9. The molecule has 8 heteroatoms. The van der Waals surface area contributed by atoms with Crippen LogP contribution < -0.4 is 5.32 Å². The van der Waals surface area contributed by atoms with Gasteiger partial charge in [-0.15, -0.1) is 11.3 Å². The highest BCUT2D eigenvalue weighted by Crippen LogP contribution is 2.40. The fourth-order valence-corrected chi connectivity index (χ4v) is 4.08. The molecule has 7 nitrogen and oxygen atoms in total. The van der Waals surface area contributed by atoms with Crippen LogP contribution in [0.25, 0.3) is 16.9 Å². The largest absolute Gasteiger partial charge is 0.346 e. The molecule has 29 heavy (non-hydrogen) atoms. The van der Waals surface area contributed by atoms with Crippen molar-refractivity contribution in [2.45, 2.75) is 39.2 Å². The molecule has 1 N–H and O–H groups in total. The highest BCUT2D eigenvalue weighted by Gasteiger charge is 2.29. The van der Waals surface area contributed by atoms with Crippen LogP contribution in [0.1, 0.15) is 51.2 Å². The maximum Gasteiger partial charge on any atom is 0.252 e. The number of nitrogens with zero attached hydrogens (tertiary/aromatic N) is 5. The fraction of sp³-hybridized carbons (Fsp3) is 0.286. The van der Waals surface area contributed by atoms with E-state index in [1.165, 1.54) is 0 Å². The number of aryl methyl sites for hydroxylation is 2. The summed E-state index contributed by atoms with van der Waals surface area (Å²) >= 11 is 1.58. The molecular formula is C21H20N6OS. The van der Waals surface area contributed by atoms with Gasteiger partial charge >= 0.3 is 0 Å². The van der Waals surface area contributed by atoms with E-state index in [9.17, 15) is 4.79 Å². The van der Waals surface area contributed by atoms with Crippen LogP contribution in [0.4, 0.5) is 0 Å². The minimum atomic E-state index is -0.131. The molecule has 0 spiro atoms. The normalized spacial score (nSPS) is 13.7. The molecular weight excluding hydrogens is 384 g/mol. The summed E-state index contributed by atoms with van der Waals surface area (Å²) < 4.78 is 1.73. The molecule has 146 valence electrons. The number of fused-ring (bicyclic) bond motifs is 1. The van der Waals surface area contributed by atoms with Crippen LogP contribution in [0, 0.1) is 13.8 Å². The molecule has 4 heterocycles. The lowest BCUT2D eigenvalue weighted by Gasteiger charge is -2.09. The van der Waals surface area contributed by atoms with Gasteiger partial charge < -0.3 is 5.32 Å². The molecule has 5 rings (SSSR count). The summed E-state index contributed by atoms with van der Waals surface area (Å²) in [7, 11) is 0. The first-order chi connectivity index (χ1) is 14.1. The van der Waals surface area contributed by atoms with Crippen molar-refractivity contribution in [3.63, 3.8) is 0 Å². The van der Waals surface area contributed by atoms with Crippen LogP contribution in [-0.4, -0.2) is 30.6 Å². The molecule has 1 amide bonds. The molecule has 1 saturated carbocycles. The summed E-state index contributed by atoms with van der Waals surface area (Å²) in [5, 5.41) is 11.4. The van der Waals surface area contributed by atoms with Crippen LogP contribution >= 0.6 is 11.3 Å². The average Bonchev–Trinajstić information content (AvgIpc) is 3.43. The topological polar surface area (TPSA) is 85.6 Å². The maximum atomic E-state index is 13.1. The maximum absolute atomic E-state index is 13.1. The van der Waals surface area contributed by atoms with Gasteiger partial charge in [-0.05, 0) is 44.9 Å². The fourth-order valence-electron chi connectivity index (χ4n) is 3.47. The van der Waals surface area contributed by atoms with Crippen molar-refractivity contribution in [3.8, 4) is 5.82 Å². The number of rotatable bonds is 5. The molecule has 1 aliphatic rings. The third kappa shape index (κ3) is 3.40. The van der Waals surface area contributed by atoms with Crippen molar-refractivity contribution in [2.24, 2.45) is 0 Å². The number of amides is 1. The Morgan fingerprint density at radius 3 is 2.83 bits per heavy atom. The Balaban J connectivity index is 1.58. The van der Waals surface area contributed by atoms with Gasteiger partial charge in [0.05, 0.1) is 33.9 Å². The van der Waals surface area contributed by atoms with Gasteiger partial charge in [0.25, 0.3) is 5.91 Å². The zero-order valence-corrected chi connectivity index (χ0v) is 17.0. The first-order valence-electron chi connectivity index (χ1n) is 9.61. The van der Waals surface area contributed by atoms with Crippen LogP contribution in [-0.2, 0) is 6.54 Å². The summed E-state index contributed by atoms with van der Waals surface area (Å²) in [6.45, 7) is 4.26. The average molecular weight is 404 g/mol. The Hall–Kier alpha value is -3.13. The number of nitrogens with one attached hydrogen (secondary N) is 1. The number of carbonyl (C=O) groups is 1. The molecule has 1 fully saturated rings. The van der Waals surface area contributed by atoms with Crippen LogP contribution in [0.5, 0.6) is 0 Å². The Labute approximate surface area is 171 Å². The SMILES string of the molecule is Cc1nc(CNC(=O)c2cc(C3CC3)nc3c2c(C)nn3-c2ccccn2)cs1. The van der Waals surface area contributed by atoms with Gasteiger partial charge in [0, 0.05) is 23.2 Å². The lowest BCUT2D eigenvalue weighted by Crippen LogP contribution is -2.23. The summed E-state index contributed by atoms with van der Waals surface area (Å²) in [5.74, 6) is 0.975. The van der Waals surface area contributed by atoms with E-state index >= 15 is 0 Å². The second-order valence-electron chi connectivity index (χ2n) is 7.29. The second-order valence-corrected chi connectivity index (χ2v) is 8.36. The van der Waals surface area contributed by atoms with Crippen molar-refractivity contribution in [1.29, 1.82) is 0 Å². The molecule has 0 aromatic carbocycles. The molecule has 0 unspecified atom stereocenters. The summed E-state index contributed by atoms with van der Waals surface area (Å²) in [4.78, 5) is 26.8. The van der Waals surface area contributed by atoms with Gasteiger partial charge in [0.15, 0.2) is 11.5 Å². The zero-order chi connectivity index (χ0) is 20.0. The van der Waals surface area contributed by atoms with Crippen molar-refractivity contribution in [2.75, 3.05) is 0 Å². The van der Waals surface area contributed by atoms with Gasteiger partial charge in [-0.2, -0.15) is 9.78 Å². The van der Waals surface area contributed by atoms with E-state index in [-0.39, 0.29) is 5.91 Å². The van der Waals surface area contributed by atoms with E-state index < -0.39 is 0 Å². The Kier molecular flexibility index (Phi) is 4.35. The second kappa shape index (κ2) is 7.04. The van der Waals surface area contributed by atoms with Crippen molar-refractivity contribution in [1.82, 2.24) is 30.0 Å². The smallest absolute Gasteiger partial charge is 0.252 e. The third-order valence-electron chi connectivity index (χ3n) is 5.04. The standard InChI is InChI=1S/C21H20N6OS/c1-12-19-16(21(28)23-10-15-11-29-13(2)24-15)9-17(14-6-7-14)25-20(19)27(26-12)18-5-3-4-8-22-18/h3-5,8-9,11,14H,6-7,10H2,1-2H3,(H,23,28). The van der Waals surface area contributed by atoms with Crippen molar-refractivity contribution < 1.29 is 4.79 Å². The number of thiazole rings is 1. The van der Waals surface area contributed by atoms with E-state index in [4.69, 9.17) is 4.98 Å². The van der Waals surface area contributed by atoms with Gasteiger partial charge in [-0.25, -0.2) is 15.0 Å². The number of pyridine rings is 2. The monoisotopic (exact) mass is 404 g/mol. The lowest BCUT2D eigenvalue weighted by molar-refractivity contribution is 0.0952. The molecule has 4 aromatic heterocycles. The Bertz CT molecular complexity index is 1210. The number of hydrogen-bond donors (Lipinski definition) is 1. The van der Waals surface area contributed by atoms with E-state index in [1.807, 2.05) is 43.5 Å². The Morgan fingerprint density at radius 2 is 2.14 bits per heavy atom. The van der Waals surface area contributed by atoms with Crippen molar-refractivity contribution >= 4 is 28.3 Å². The van der Waals surface area contributed by atoms with E-state index in [1.54, 1.807) is 22.2 Å². The van der Waals surface area contributed by atoms with Crippen LogP contribution in [0.15, 0.2) is 35.8 Å². The number of carbonyl (C=O) groups excluding carboxylic acids is 1. The summed E-state index contributed by atoms with van der Waals surface area (Å²) in [6.07, 6.45) is 3.94. The van der Waals surface area contributed by atoms with Gasteiger partial charge in [-0.1, -0.05) is 6.07 Å². The predicted octanol–water partition coefficient (Wildman–Crippen LogP) is 3.70. The van der Waals surface area contributed by atoms with Crippen LogP contribution in [0.3, 0.4) is 0 Å². The lowest BCUT2D eigenvalue weighted by atomic mass is 10.1. The molecule has 0 radical (unpaired) electrons. The molecule has 1 aliphatic carbocycles. The van der Waals surface area contributed by atoms with Gasteiger partial charge in [-0.3, -0.25) is 4.79 Å². The van der Waals surface area contributed by atoms with Gasteiger partial charge in [0.1, 0.15) is 0 Å². The first-order valence-corrected chi connectivity index (χ1v) is 10.5. The van der Waals surface area contributed by atoms with Gasteiger partial charge in [0.2, 0.25) is 0 Å². The zero-order valence-electron chi connectivity index (χ0n) is 16.2. The minimum Gasteiger partial charge on any atom is -0.346 e. The van der Waals surface area contributed by atoms with E-state index in [0.29, 0.717) is 29.5 Å². The molecule has 0 atom stereocenters. The highest BCUT2D eigenvalue weighted by atomic mass is 32.1. The number of aromatic nitrogens is 5. The predicted molar refractivity (Wildman–Crippen MR) is 111 cm³/mol. The Morgan fingerprint density at radius 1 is 1.28 bits per heavy atom. The third-order valence-corrected chi connectivity index (χ3v) is 5.86. The highest BCUT2D eigenvalue weighted by molar-refractivity contribution is 7.09. The minimum absolute atomic E-state index is 0.131. The molecule has 0 saturated heterocycles. The van der Waals surface area contributed by atoms with Crippen LogP contribution in [0.2, 0.25) is 0 Å². The summed E-state index contributed by atoms with van der Waals surface area (Å²) in [5.41, 5.74) is 3.87. The number of hydrogen-bond acceptors (Lipinski definition) is 6. The van der Waals surface area contributed by atoms with Crippen molar-refractivity contribution in [3.05, 3.63) is 63.5 Å². The quantitative estimate of drug-likeness (QED) is 0.548. The molecule has 0 aliphatic heterocycles. The summed E-state index contributed by atoms with van der Waals surface area (Å²) in [6, 6.07) is 7.60. The molecule has 0 bridgehead atoms. The van der Waals surface area contributed by atoms with E-state index in [2.05, 4.69) is 20.4 Å². The molecule has 4 aromatic rings. The van der Waals surface area contributed by atoms with E-state index in [0.717, 1.165) is 40.3 Å².